The number of H-pyrrole nitrogens is 2. The maximum Gasteiger partial charge on any atom is 0.326 e. The number of amides is 4. The third kappa shape index (κ3) is 7.28. The molecule has 3 heterocycles. The molecule has 1 aliphatic heterocycles. The summed E-state index contributed by atoms with van der Waals surface area (Å²) in [5.41, 5.74) is 13.3. The Balaban J connectivity index is 1.58. The Labute approximate surface area is 235 Å². The van der Waals surface area contributed by atoms with E-state index in [0.717, 1.165) is 16.5 Å². The number of para-hydroxylation sites is 1. The maximum absolute atomic E-state index is 13.7. The van der Waals surface area contributed by atoms with Gasteiger partial charge in [0.25, 0.3) is 0 Å². The molecular weight excluding hydrogens is 532 g/mol. The number of carboxylic acid groups (broad SMARTS) is 1. The van der Waals surface area contributed by atoms with Gasteiger partial charge in [-0.15, -0.1) is 0 Å². The summed E-state index contributed by atoms with van der Waals surface area (Å²) in [6.45, 7) is 0.245. The van der Waals surface area contributed by atoms with Crippen molar-refractivity contribution in [1.82, 2.24) is 30.5 Å². The number of likely N-dealkylation sites (tertiary alicyclic amines) is 1. The molecule has 0 saturated carbocycles. The van der Waals surface area contributed by atoms with Gasteiger partial charge in [-0.2, -0.15) is 0 Å². The predicted molar refractivity (Wildman–Crippen MR) is 147 cm³/mol. The number of hydrogen-bond acceptors (Lipinski definition) is 7. The van der Waals surface area contributed by atoms with Crippen LogP contribution in [-0.2, 0) is 36.8 Å². The first-order valence-electron chi connectivity index (χ1n) is 13.3. The molecule has 4 amide bonds. The normalized spacial score (nSPS) is 17.1. The second-order valence-corrected chi connectivity index (χ2v) is 10.1. The summed E-state index contributed by atoms with van der Waals surface area (Å²) in [7, 11) is 0. The molecule has 1 aliphatic rings. The highest BCUT2D eigenvalue weighted by Crippen LogP contribution is 2.21. The molecule has 4 atom stereocenters. The molecule has 9 N–H and O–H groups in total. The van der Waals surface area contributed by atoms with Crippen molar-refractivity contribution >= 4 is 40.5 Å². The average Bonchev–Trinajstić information content (AvgIpc) is 3.72. The number of imidazole rings is 1. The van der Waals surface area contributed by atoms with E-state index in [2.05, 4.69) is 25.6 Å². The highest BCUT2D eigenvalue weighted by atomic mass is 16.4. The summed E-state index contributed by atoms with van der Waals surface area (Å²) in [5, 5.41) is 15.9. The minimum absolute atomic E-state index is 0.00490. The first kappa shape index (κ1) is 29.3. The molecule has 14 heteroatoms. The number of primary amides is 1. The minimum Gasteiger partial charge on any atom is -0.480 e. The van der Waals surface area contributed by atoms with Gasteiger partial charge in [-0.25, -0.2) is 9.78 Å². The summed E-state index contributed by atoms with van der Waals surface area (Å²) in [6.07, 6.45) is 5.50. The average molecular weight is 567 g/mol. The van der Waals surface area contributed by atoms with Crippen LogP contribution >= 0.6 is 0 Å². The summed E-state index contributed by atoms with van der Waals surface area (Å²) in [6, 6.07) is 3.10. The molecular formula is C27H34N8O6. The lowest BCUT2D eigenvalue weighted by Gasteiger charge is -2.29. The first-order chi connectivity index (χ1) is 19.6. The number of hydrogen-bond donors (Lipinski definition) is 7. The van der Waals surface area contributed by atoms with Crippen LogP contribution in [0.3, 0.4) is 0 Å². The lowest BCUT2D eigenvalue weighted by atomic mass is 10.0. The number of aliphatic carboxylic acids is 1. The van der Waals surface area contributed by atoms with Gasteiger partial charge in [0, 0.05) is 54.8 Å². The Hall–Kier alpha value is -4.72. The predicted octanol–water partition coefficient (Wildman–Crippen LogP) is -0.686. The van der Waals surface area contributed by atoms with Crippen molar-refractivity contribution in [2.45, 2.75) is 62.7 Å². The second-order valence-electron chi connectivity index (χ2n) is 10.1. The van der Waals surface area contributed by atoms with Crippen LogP contribution in [0.2, 0.25) is 0 Å². The van der Waals surface area contributed by atoms with Gasteiger partial charge < -0.3 is 42.1 Å². The van der Waals surface area contributed by atoms with E-state index in [1.54, 1.807) is 6.20 Å². The zero-order chi connectivity index (χ0) is 29.5. The van der Waals surface area contributed by atoms with E-state index in [9.17, 15) is 29.1 Å². The van der Waals surface area contributed by atoms with E-state index in [1.807, 2.05) is 24.3 Å². The van der Waals surface area contributed by atoms with Gasteiger partial charge in [0.05, 0.1) is 12.4 Å². The van der Waals surface area contributed by atoms with Gasteiger partial charge in [-0.1, -0.05) is 18.2 Å². The molecule has 0 spiro atoms. The fourth-order valence-corrected chi connectivity index (χ4v) is 5.01. The summed E-state index contributed by atoms with van der Waals surface area (Å²) in [5.74, 6) is -3.59. The van der Waals surface area contributed by atoms with Crippen LogP contribution in [0, 0.1) is 0 Å². The number of benzene rings is 1. The zero-order valence-electron chi connectivity index (χ0n) is 22.3. The molecule has 1 saturated heterocycles. The van der Waals surface area contributed by atoms with Crippen molar-refractivity contribution in [2.24, 2.45) is 11.5 Å². The van der Waals surface area contributed by atoms with E-state index >= 15 is 0 Å². The molecule has 3 aromatic rings. The minimum atomic E-state index is -1.15. The van der Waals surface area contributed by atoms with E-state index in [-0.39, 0.29) is 32.2 Å². The van der Waals surface area contributed by atoms with Crippen LogP contribution in [-0.4, -0.2) is 85.3 Å². The number of nitrogens with zero attached hydrogens (tertiary/aromatic N) is 2. The van der Waals surface area contributed by atoms with Gasteiger partial charge in [0.1, 0.15) is 18.1 Å². The van der Waals surface area contributed by atoms with Crippen molar-refractivity contribution in [3.63, 3.8) is 0 Å². The van der Waals surface area contributed by atoms with E-state index in [1.165, 1.54) is 17.4 Å². The van der Waals surface area contributed by atoms with Crippen molar-refractivity contribution in [2.75, 3.05) is 6.54 Å². The van der Waals surface area contributed by atoms with Crippen LogP contribution in [0.25, 0.3) is 10.9 Å². The standard InChI is InChI=1S/C27H34N8O6/c28-18(7-8-23(29)36)24(37)33-20(10-15-12-31-19-5-2-1-4-17(15)19)25(38)34-21(11-16-13-30-14-32-16)26(39)35-9-3-6-22(35)27(40)41/h1-2,4-5,12-14,18,20-22,31H,3,6-11,28H2,(H2,29,36)(H,30,32)(H,33,37)(H,34,38)(H,40,41). The van der Waals surface area contributed by atoms with E-state index in [0.29, 0.717) is 18.5 Å². The molecule has 4 rings (SSSR count). The van der Waals surface area contributed by atoms with Crippen LogP contribution in [0.4, 0.5) is 0 Å². The lowest BCUT2D eigenvalue weighted by molar-refractivity contribution is -0.149. The Morgan fingerprint density at radius 3 is 2.54 bits per heavy atom. The molecule has 4 unspecified atom stereocenters. The Kier molecular flexibility index (Phi) is 9.34. The quantitative estimate of drug-likeness (QED) is 0.140. The molecule has 1 fully saturated rings. The Bertz CT molecular complexity index is 1400. The van der Waals surface area contributed by atoms with Gasteiger partial charge in [-0.05, 0) is 30.9 Å². The smallest absolute Gasteiger partial charge is 0.326 e. The van der Waals surface area contributed by atoms with Crippen molar-refractivity contribution < 1.29 is 29.1 Å². The number of carbonyl (C=O) groups is 5. The van der Waals surface area contributed by atoms with Crippen molar-refractivity contribution in [1.29, 1.82) is 0 Å². The number of carbonyl (C=O) groups excluding carboxylic acids is 4. The van der Waals surface area contributed by atoms with Gasteiger partial charge in [-0.3, -0.25) is 19.2 Å². The Morgan fingerprint density at radius 1 is 1.07 bits per heavy atom. The highest BCUT2D eigenvalue weighted by molar-refractivity contribution is 5.95. The molecule has 14 nitrogen and oxygen atoms in total. The van der Waals surface area contributed by atoms with E-state index in [4.69, 9.17) is 11.5 Å². The van der Waals surface area contributed by atoms with Gasteiger partial charge >= 0.3 is 5.97 Å². The molecule has 0 aliphatic carbocycles. The Morgan fingerprint density at radius 2 is 1.83 bits per heavy atom. The summed E-state index contributed by atoms with van der Waals surface area (Å²) < 4.78 is 0. The molecule has 218 valence electrons. The zero-order valence-corrected chi connectivity index (χ0v) is 22.3. The third-order valence-electron chi connectivity index (χ3n) is 7.18. The number of nitrogens with one attached hydrogen (secondary N) is 4. The summed E-state index contributed by atoms with van der Waals surface area (Å²) in [4.78, 5) is 74.4. The van der Waals surface area contributed by atoms with Crippen molar-refractivity contribution in [3.05, 3.63) is 54.2 Å². The number of fused-ring (bicyclic) bond motifs is 1. The SMILES string of the molecule is NC(=O)CCC(N)C(=O)NC(Cc1c[nH]c2ccccc12)C(=O)NC(Cc1cnc[nH]1)C(=O)N1CCCC1C(=O)O. The van der Waals surface area contributed by atoms with E-state index < -0.39 is 53.8 Å². The van der Waals surface area contributed by atoms with Crippen LogP contribution in [0.15, 0.2) is 43.0 Å². The van der Waals surface area contributed by atoms with Crippen molar-refractivity contribution in [3.8, 4) is 0 Å². The molecule has 2 aromatic heterocycles. The van der Waals surface area contributed by atoms with Gasteiger partial charge in [0.2, 0.25) is 23.6 Å². The molecule has 0 radical (unpaired) electrons. The van der Waals surface area contributed by atoms with Gasteiger partial charge in [0.15, 0.2) is 0 Å². The van der Waals surface area contributed by atoms with Crippen LogP contribution in [0.5, 0.6) is 0 Å². The second kappa shape index (κ2) is 13.1. The third-order valence-corrected chi connectivity index (χ3v) is 7.18. The summed E-state index contributed by atoms with van der Waals surface area (Å²) >= 11 is 0. The fourth-order valence-electron chi connectivity index (χ4n) is 5.01. The monoisotopic (exact) mass is 566 g/mol. The van der Waals surface area contributed by atoms with Crippen LogP contribution < -0.4 is 22.1 Å². The highest BCUT2D eigenvalue weighted by Gasteiger charge is 2.38. The maximum atomic E-state index is 13.7. The largest absolute Gasteiger partial charge is 0.480 e. The molecule has 0 bridgehead atoms. The number of aromatic amines is 2. The number of aromatic nitrogens is 3. The topological polar surface area (TPSA) is 229 Å². The molecule has 41 heavy (non-hydrogen) atoms. The number of rotatable bonds is 13. The van der Waals surface area contributed by atoms with Crippen LogP contribution in [0.1, 0.15) is 36.9 Å². The lowest BCUT2D eigenvalue weighted by Crippen LogP contribution is -2.58. The molecule has 1 aromatic carbocycles. The number of carboxylic acids is 1. The first-order valence-corrected chi connectivity index (χ1v) is 13.3. The fraction of sp³-hybridized carbons (Fsp3) is 0.407. The number of nitrogens with two attached hydrogens (primary N) is 2.